The Labute approximate surface area is 345 Å². The van der Waals surface area contributed by atoms with E-state index in [2.05, 4.69) is 0 Å². The van der Waals surface area contributed by atoms with Crippen molar-refractivity contribution in [1.29, 1.82) is 0 Å². The molecular weight excluding hydrogens is 683 g/mol. The Bertz CT molecular complexity index is 3840. The van der Waals surface area contributed by atoms with E-state index < -0.39 is 109 Å². The molecule has 0 aliphatic carbocycles. The van der Waals surface area contributed by atoms with Gasteiger partial charge in [-0.2, -0.15) is 15.0 Å². The lowest BCUT2D eigenvalue weighted by molar-refractivity contribution is 0.893. The molecule has 0 saturated heterocycles. The van der Waals surface area contributed by atoms with E-state index in [0.717, 1.165) is 31.4 Å². The topological polar surface area (TPSA) is 48.5 Å². The summed E-state index contributed by atoms with van der Waals surface area (Å²) in [7, 11) is 0. The number of fused-ring (bicyclic) bond motifs is 6. The molecule has 262 valence electrons. The highest BCUT2D eigenvalue weighted by Crippen LogP contribution is 2.38. The number of aromatic nitrogens is 5. The molecule has 0 radical (unpaired) electrons. The van der Waals surface area contributed by atoms with Gasteiger partial charge in [0.15, 0.2) is 5.82 Å². The van der Waals surface area contributed by atoms with Crippen molar-refractivity contribution in [3.63, 3.8) is 0 Å². The zero-order chi connectivity index (χ0) is 50.9. The third-order valence-corrected chi connectivity index (χ3v) is 9.76. The van der Waals surface area contributed by atoms with E-state index in [9.17, 15) is 5.48 Å². The minimum Gasteiger partial charge on any atom is -0.278 e. The summed E-state index contributed by atoms with van der Waals surface area (Å²) in [6.07, 6.45) is 0. The number of para-hydroxylation sites is 4. The minimum atomic E-state index is -0.698. The smallest absolute Gasteiger partial charge is 0.240 e. The molecule has 8 aromatic carbocycles. The fourth-order valence-electron chi connectivity index (χ4n) is 7.28. The van der Waals surface area contributed by atoms with Crippen LogP contribution in [0.3, 0.4) is 0 Å². The number of hydrogen-bond acceptors (Lipinski definition) is 3. The molecular formula is C51H33N5. The summed E-state index contributed by atoms with van der Waals surface area (Å²) in [5.41, 5.74) is 4.27. The summed E-state index contributed by atoms with van der Waals surface area (Å²) in [5.74, 6) is -1.08. The Kier molecular flexibility index (Phi) is 4.57. The van der Waals surface area contributed by atoms with Crippen molar-refractivity contribution < 1.29 is 21.9 Å². The van der Waals surface area contributed by atoms with E-state index in [0.29, 0.717) is 16.7 Å². The standard InChI is InChI=1S/C51H33N5/c1-2-16-34(17-3-1)37-18-4-5-19-38(37)35-30-32-36(33-31-35)39-20-6-7-25-44(39)49-52-50(55-45-26-12-8-21-40(45)41-22-9-13-27-46(41)55)54-51(53-49)56-47-28-14-10-23-42(47)43-24-11-15-29-48(43)56/h1-33H/i8D,9D,10D,11D,12D,13D,14D,15D,21D,22D,23D,24D,26D,27D,28D,29D. The maximum atomic E-state index is 9.23. The molecule has 0 aliphatic rings. The van der Waals surface area contributed by atoms with E-state index in [1.807, 2.05) is 84.9 Å². The summed E-state index contributed by atoms with van der Waals surface area (Å²) < 4.78 is 145. The first-order valence-electron chi connectivity index (χ1n) is 25.6. The second-order valence-electron chi connectivity index (χ2n) is 12.9. The van der Waals surface area contributed by atoms with Crippen molar-refractivity contribution in [2.45, 2.75) is 0 Å². The first kappa shape index (κ1) is 19.6. The highest BCUT2D eigenvalue weighted by molar-refractivity contribution is 6.10. The Morgan fingerprint density at radius 2 is 0.643 bits per heavy atom. The average molecular weight is 732 g/mol. The zero-order valence-electron chi connectivity index (χ0n) is 45.1. The van der Waals surface area contributed by atoms with Gasteiger partial charge in [-0.25, -0.2) is 0 Å². The number of benzene rings is 8. The molecule has 0 saturated carbocycles. The van der Waals surface area contributed by atoms with Crippen LogP contribution < -0.4 is 0 Å². The molecule has 5 nitrogen and oxygen atoms in total. The predicted molar refractivity (Wildman–Crippen MR) is 230 cm³/mol. The number of nitrogens with zero attached hydrogens (tertiary/aromatic N) is 5. The van der Waals surface area contributed by atoms with Gasteiger partial charge in [0, 0.05) is 27.1 Å². The van der Waals surface area contributed by atoms with Crippen LogP contribution in [0.5, 0.6) is 0 Å². The van der Waals surface area contributed by atoms with Gasteiger partial charge in [-0.05, 0) is 57.6 Å². The SMILES string of the molecule is [2H]c1c([2H])c([2H])c2c(c1[2H])c1c([2H])c([2H])c([2H])c([2H])c1n2-c1nc(-c2ccccc2-c2ccc(-c3ccccc3-c3ccccc3)cc2)nc(-n2c3c([2H])c([2H])c([2H])c([2H])c3c3c([2H])c([2H])c([2H])c([2H])c32)n1. The molecule has 0 aliphatic heterocycles. The van der Waals surface area contributed by atoms with Crippen LogP contribution in [-0.2, 0) is 0 Å². The molecule has 3 heterocycles. The van der Waals surface area contributed by atoms with Crippen molar-refractivity contribution in [3.05, 3.63) is 200 Å². The van der Waals surface area contributed by atoms with Gasteiger partial charge in [-0.3, -0.25) is 9.13 Å². The van der Waals surface area contributed by atoms with Crippen molar-refractivity contribution in [2.24, 2.45) is 0 Å². The molecule has 0 amide bonds. The van der Waals surface area contributed by atoms with Gasteiger partial charge in [0.05, 0.1) is 44.0 Å². The van der Waals surface area contributed by atoms with Gasteiger partial charge >= 0.3 is 0 Å². The quantitative estimate of drug-likeness (QED) is 0.171. The molecule has 0 spiro atoms. The normalized spacial score (nSPS) is 15.6. The second-order valence-corrected chi connectivity index (χ2v) is 12.9. The van der Waals surface area contributed by atoms with E-state index in [1.165, 1.54) is 0 Å². The maximum absolute atomic E-state index is 9.23. The second kappa shape index (κ2) is 13.0. The van der Waals surface area contributed by atoms with Gasteiger partial charge in [-0.15, -0.1) is 0 Å². The van der Waals surface area contributed by atoms with E-state index in [4.69, 9.17) is 31.4 Å². The fourth-order valence-corrected chi connectivity index (χ4v) is 7.28. The summed E-state index contributed by atoms with van der Waals surface area (Å²) in [4.78, 5) is 14.7. The molecule has 0 N–H and O–H groups in total. The van der Waals surface area contributed by atoms with Crippen LogP contribution in [0, 0.1) is 0 Å². The molecule has 0 unspecified atom stereocenters. The van der Waals surface area contributed by atoms with Crippen LogP contribution in [0.15, 0.2) is 200 Å². The van der Waals surface area contributed by atoms with E-state index in [-0.39, 0.29) is 49.4 Å². The van der Waals surface area contributed by atoms with Crippen molar-refractivity contribution in [2.75, 3.05) is 0 Å². The van der Waals surface area contributed by atoms with Crippen LogP contribution in [0.1, 0.15) is 21.9 Å². The Morgan fingerprint density at radius 3 is 1.05 bits per heavy atom. The summed E-state index contributed by atoms with van der Waals surface area (Å²) in [6.45, 7) is 0. The van der Waals surface area contributed by atoms with E-state index >= 15 is 0 Å². The van der Waals surface area contributed by atoms with Crippen LogP contribution in [0.25, 0.3) is 100 Å². The molecule has 5 heteroatoms. The first-order chi connectivity index (χ1) is 34.4. The molecule has 0 fully saturated rings. The first-order valence-corrected chi connectivity index (χ1v) is 17.6. The molecule has 0 bridgehead atoms. The van der Waals surface area contributed by atoms with Crippen LogP contribution in [0.4, 0.5) is 0 Å². The van der Waals surface area contributed by atoms with Crippen LogP contribution in [0.2, 0.25) is 0 Å². The average Bonchev–Trinajstić information content (AvgIpc) is 3.96. The molecule has 56 heavy (non-hydrogen) atoms. The number of rotatable bonds is 6. The lowest BCUT2D eigenvalue weighted by atomic mass is 9.92. The summed E-state index contributed by atoms with van der Waals surface area (Å²) in [6, 6.07) is 22.3. The Hall–Kier alpha value is -7.63. The molecule has 11 rings (SSSR count). The van der Waals surface area contributed by atoms with Gasteiger partial charge < -0.3 is 0 Å². The number of hydrogen-bond donors (Lipinski definition) is 0. The van der Waals surface area contributed by atoms with Crippen molar-refractivity contribution in [1.82, 2.24) is 24.1 Å². The van der Waals surface area contributed by atoms with E-state index in [1.54, 1.807) is 18.2 Å². The predicted octanol–water partition coefficient (Wildman–Crippen LogP) is 12.7. The highest BCUT2D eigenvalue weighted by atomic mass is 15.3. The van der Waals surface area contributed by atoms with Crippen molar-refractivity contribution >= 4 is 43.6 Å². The third-order valence-electron chi connectivity index (χ3n) is 9.76. The minimum absolute atomic E-state index is 0.141. The van der Waals surface area contributed by atoms with Gasteiger partial charge in [0.2, 0.25) is 11.9 Å². The van der Waals surface area contributed by atoms with Crippen molar-refractivity contribution in [3.8, 4) is 56.7 Å². The monoisotopic (exact) mass is 731 g/mol. The van der Waals surface area contributed by atoms with Crippen LogP contribution >= 0.6 is 0 Å². The summed E-state index contributed by atoms with van der Waals surface area (Å²) in [5, 5.41) is -1.05. The third kappa shape index (κ3) is 5.13. The Balaban J connectivity index is 1.27. The maximum Gasteiger partial charge on any atom is 0.240 e. The largest absolute Gasteiger partial charge is 0.278 e. The molecule has 0 atom stereocenters. The fraction of sp³-hybridized carbons (Fsp3) is 0. The molecule has 3 aromatic heterocycles. The molecule has 11 aromatic rings. The van der Waals surface area contributed by atoms with Crippen LogP contribution in [-0.4, -0.2) is 24.1 Å². The zero-order valence-corrected chi connectivity index (χ0v) is 29.1. The Morgan fingerprint density at radius 1 is 0.321 bits per heavy atom. The van der Waals surface area contributed by atoms with Gasteiger partial charge in [0.1, 0.15) is 0 Å². The van der Waals surface area contributed by atoms with Gasteiger partial charge in [-0.1, -0.05) is 176 Å². The summed E-state index contributed by atoms with van der Waals surface area (Å²) >= 11 is 0. The van der Waals surface area contributed by atoms with Gasteiger partial charge in [0.25, 0.3) is 0 Å². The lowest BCUT2D eigenvalue weighted by Crippen LogP contribution is -2.10. The lowest BCUT2D eigenvalue weighted by Gasteiger charge is -2.15. The highest BCUT2D eigenvalue weighted by Gasteiger charge is 2.21.